The van der Waals surface area contributed by atoms with Crippen LogP contribution < -0.4 is 15.6 Å². The van der Waals surface area contributed by atoms with Crippen LogP contribution in [0, 0.1) is 0 Å². The molecule has 3 heterocycles. The number of aromatic amines is 1. The summed E-state index contributed by atoms with van der Waals surface area (Å²) in [5.74, 6) is 1.92. The minimum atomic E-state index is -0.0988. The summed E-state index contributed by atoms with van der Waals surface area (Å²) in [5.41, 5.74) is 1.51. The SMILES string of the molecule is COc1cccc(Nc2nnc(SCc3nc4ccsc4c(=O)[nH]3)s2)c1. The lowest BCUT2D eigenvalue weighted by Crippen LogP contribution is -2.09. The lowest BCUT2D eigenvalue weighted by Gasteiger charge is -2.04. The molecule has 0 bridgehead atoms. The molecule has 4 rings (SSSR count). The van der Waals surface area contributed by atoms with Gasteiger partial charge in [-0.05, 0) is 23.6 Å². The number of hydrogen-bond donors (Lipinski definition) is 2. The molecule has 0 saturated heterocycles. The van der Waals surface area contributed by atoms with Gasteiger partial charge in [0.05, 0.1) is 18.4 Å². The molecule has 26 heavy (non-hydrogen) atoms. The van der Waals surface area contributed by atoms with E-state index in [4.69, 9.17) is 4.74 Å². The number of H-pyrrole nitrogens is 1. The molecule has 0 amide bonds. The van der Waals surface area contributed by atoms with Gasteiger partial charge in [0.2, 0.25) is 5.13 Å². The first kappa shape index (κ1) is 17.0. The molecular weight excluding hydrogens is 390 g/mol. The molecule has 0 unspecified atom stereocenters. The van der Waals surface area contributed by atoms with Crippen molar-refractivity contribution in [2.24, 2.45) is 0 Å². The van der Waals surface area contributed by atoms with Crippen molar-refractivity contribution in [1.82, 2.24) is 20.2 Å². The van der Waals surface area contributed by atoms with E-state index in [2.05, 4.69) is 25.5 Å². The predicted molar refractivity (Wildman–Crippen MR) is 106 cm³/mol. The highest BCUT2D eigenvalue weighted by Gasteiger charge is 2.09. The number of fused-ring (bicyclic) bond motifs is 1. The zero-order chi connectivity index (χ0) is 17.9. The second kappa shape index (κ2) is 7.44. The van der Waals surface area contributed by atoms with Crippen molar-refractivity contribution in [3.63, 3.8) is 0 Å². The monoisotopic (exact) mass is 403 g/mol. The van der Waals surface area contributed by atoms with Crippen molar-refractivity contribution in [3.8, 4) is 5.75 Å². The smallest absolute Gasteiger partial charge is 0.268 e. The highest BCUT2D eigenvalue weighted by molar-refractivity contribution is 8.00. The fourth-order valence-electron chi connectivity index (χ4n) is 2.26. The van der Waals surface area contributed by atoms with Crippen molar-refractivity contribution in [1.29, 1.82) is 0 Å². The Morgan fingerprint density at radius 2 is 2.23 bits per heavy atom. The highest BCUT2D eigenvalue weighted by Crippen LogP contribution is 2.30. The Hall–Kier alpha value is -2.43. The maximum Gasteiger partial charge on any atom is 0.268 e. The van der Waals surface area contributed by atoms with E-state index < -0.39 is 0 Å². The number of anilines is 2. The van der Waals surface area contributed by atoms with Gasteiger partial charge in [0.1, 0.15) is 16.3 Å². The molecule has 0 aliphatic heterocycles. The summed E-state index contributed by atoms with van der Waals surface area (Å²) in [6, 6.07) is 9.45. The zero-order valence-electron chi connectivity index (χ0n) is 13.6. The topological polar surface area (TPSA) is 92.8 Å². The molecule has 0 aliphatic carbocycles. The second-order valence-corrected chi connectivity index (χ2v) is 8.28. The number of thiophene rings is 1. The number of nitrogens with zero attached hydrogens (tertiary/aromatic N) is 3. The summed E-state index contributed by atoms with van der Waals surface area (Å²) in [4.78, 5) is 19.3. The van der Waals surface area contributed by atoms with Crippen LogP contribution in [0.4, 0.5) is 10.8 Å². The molecule has 2 N–H and O–H groups in total. The minimum Gasteiger partial charge on any atom is -0.497 e. The largest absolute Gasteiger partial charge is 0.497 e. The van der Waals surface area contributed by atoms with E-state index in [-0.39, 0.29) is 5.56 Å². The summed E-state index contributed by atoms with van der Waals surface area (Å²) >= 11 is 4.32. The third-order valence-corrected chi connectivity index (χ3v) is 6.31. The molecule has 0 atom stereocenters. The molecule has 0 radical (unpaired) electrons. The Morgan fingerprint density at radius 3 is 3.12 bits per heavy atom. The quantitative estimate of drug-likeness (QED) is 0.472. The minimum absolute atomic E-state index is 0.0988. The van der Waals surface area contributed by atoms with Crippen LogP contribution in [0.5, 0.6) is 5.75 Å². The summed E-state index contributed by atoms with van der Waals surface area (Å²) in [6.07, 6.45) is 0. The van der Waals surface area contributed by atoms with Gasteiger partial charge in [0, 0.05) is 11.8 Å². The molecule has 1 aromatic carbocycles. The molecule has 7 nitrogen and oxygen atoms in total. The van der Waals surface area contributed by atoms with E-state index in [0.29, 0.717) is 21.4 Å². The number of ether oxygens (including phenoxy) is 1. The zero-order valence-corrected chi connectivity index (χ0v) is 16.0. The predicted octanol–water partition coefficient (Wildman–Crippen LogP) is 3.88. The Labute approximate surface area is 160 Å². The Balaban J connectivity index is 1.43. The lowest BCUT2D eigenvalue weighted by atomic mass is 10.3. The van der Waals surface area contributed by atoms with E-state index in [1.165, 1.54) is 34.4 Å². The van der Waals surface area contributed by atoms with Gasteiger partial charge in [-0.3, -0.25) is 4.79 Å². The van der Waals surface area contributed by atoms with Crippen LogP contribution in [-0.2, 0) is 5.75 Å². The molecule has 3 aromatic heterocycles. The summed E-state index contributed by atoms with van der Waals surface area (Å²) in [5, 5.41) is 14.1. The van der Waals surface area contributed by atoms with Crippen LogP contribution >= 0.6 is 34.4 Å². The maximum absolute atomic E-state index is 12.0. The van der Waals surface area contributed by atoms with Gasteiger partial charge in [0.15, 0.2) is 4.34 Å². The number of rotatable bonds is 6. The second-order valence-electron chi connectivity index (χ2n) is 5.17. The average molecular weight is 404 g/mol. The summed E-state index contributed by atoms with van der Waals surface area (Å²) in [7, 11) is 1.63. The van der Waals surface area contributed by atoms with Gasteiger partial charge in [0.25, 0.3) is 5.56 Å². The lowest BCUT2D eigenvalue weighted by molar-refractivity contribution is 0.415. The third-order valence-electron chi connectivity index (χ3n) is 3.42. The van der Waals surface area contributed by atoms with Gasteiger partial charge in [-0.25, -0.2) is 4.98 Å². The van der Waals surface area contributed by atoms with Gasteiger partial charge < -0.3 is 15.0 Å². The molecule has 4 aromatic rings. The third kappa shape index (κ3) is 3.71. The van der Waals surface area contributed by atoms with E-state index in [9.17, 15) is 4.79 Å². The molecule has 0 aliphatic rings. The van der Waals surface area contributed by atoms with Crippen LogP contribution in [0.25, 0.3) is 10.2 Å². The molecule has 0 fully saturated rings. The van der Waals surface area contributed by atoms with Crippen molar-refractivity contribution in [2.45, 2.75) is 10.1 Å². The summed E-state index contributed by atoms with van der Waals surface area (Å²) in [6.45, 7) is 0. The van der Waals surface area contributed by atoms with E-state index in [1.807, 2.05) is 35.7 Å². The molecular formula is C16H13N5O2S3. The van der Waals surface area contributed by atoms with Gasteiger partial charge in [-0.2, -0.15) is 0 Å². The first-order valence-electron chi connectivity index (χ1n) is 7.55. The van der Waals surface area contributed by atoms with Gasteiger partial charge >= 0.3 is 0 Å². The highest BCUT2D eigenvalue weighted by atomic mass is 32.2. The first-order valence-corrected chi connectivity index (χ1v) is 10.2. The number of aromatic nitrogens is 4. The average Bonchev–Trinajstić information content (AvgIpc) is 3.29. The fraction of sp³-hybridized carbons (Fsp3) is 0.125. The van der Waals surface area contributed by atoms with Crippen LogP contribution in [0.1, 0.15) is 5.82 Å². The normalized spacial score (nSPS) is 11.0. The summed E-state index contributed by atoms with van der Waals surface area (Å²) < 4.78 is 6.65. The van der Waals surface area contributed by atoms with Crippen molar-refractivity contribution >= 4 is 55.5 Å². The first-order chi connectivity index (χ1) is 12.7. The van der Waals surface area contributed by atoms with Crippen LogP contribution in [0.2, 0.25) is 0 Å². The molecule has 132 valence electrons. The Kier molecular flexibility index (Phi) is 4.87. The van der Waals surface area contributed by atoms with Crippen molar-refractivity contribution in [3.05, 3.63) is 51.9 Å². The van der Waals surface area contributed by atoms with Crippen LogP contribution in [-0.4, -0.2) is 27.3 Å². The molecule has 0 saturated carbocycles. The van der Waals surface area contributed by atoms with E-state index in [1.54, 1.807) is 7.11 Å². The molecule has 0 spiro atoms. The standard InChI is InChI=1S/C16H13N5O2S3/c1-23-10-4-2-3-9(7-10)17-15-20-21-16(26-15)25-8-12-18-11-5-6-24-13(11)14(22)19-12/h2-7H,8H2,1H3,(H,17,20)(H,18,19,22). The van der Waals surface area contributed by atoms with Crippen LogP contribution in [0.15, 0.2) is 44.8 Å². The van der Waals surface area contributed by atoms with Gasteiger partial charge in [-0.1, -0.05) is 29.2 Å². The van der Waals surface area contributed by atoms with Crippen molar-refractivity contribution in [2.75, 3.05) is 12.4 Å². The number of benzene rings is 1. The number of thioether (sulfide) groups is 1. The van der Waals surface area contributed by atoms with Crippen molar-refractivity contribution < 1.29 is 4.74 Å². The van der Waals surface area contributed by atoms with Crippen LogP contribution in [0.3, 0.4) is 0 Å². The fourth-order valence-corrected chi connectivity index (χ4v) is 4.63. The number of nitrogens with one attached hydrogen (secondary N) is 2. The number of methoxy groups -OCH3 is 1. The van der Waals surface area contributed by atoms with E-state index >= 15 is 0 Å². The Bertz CT molecular complexity index is 1100. The van der Waals surface area contributed by atoms with E-state index in [0.717, 1.165) is 21.3 Å². The Morgan fingerprint density at radius 1 is 1.31 bits per heavy atom. The number of hydrogen-bond acceptors (Lipinski definition) is 9. The van der Waals surface area contributed by atoms with Gasteiger partial charge in [-0.15, -0.1) is 21.5 Å². The molecule has 10 heteroatoms. The maximum atomic E-state index is 12.0.